The number of carboxylic acids is 6. The summed E-state index contributed by atoms with van der Waals surface area (Å²) in [5, 5.41) is 61.1. The highest BCUT2D eigenvalue weighted by Crippen LogP contribution is 2.15. The Bertz CT molecular complexity index is 1430. The number of aliphatic carboxylic acids is 5. The fourth-order valence-electron chi connectivity index (χ4n) is 4.57. The summed E-state index contributed by atoms with van der Waals surface area (Å²) in [6.07, 6.45) is -0.147. The Balaban J connectivity index is 2.05. The van der Waals surface area contributed by atoms with Crippen LogP contribution in [0.25, 0.3) is 0 Å². The maximum absolute atomic E-state index is 12.3. The van der Waals surface area contributed by atoms with E-state index in [0.717, 1.165) is 9.80 Å². The number of hydrogen-bond donors (Lipinski definition) is 8. The number of amides is 2. The second-order valence-corrected chi connectivity index (χ2v) is 10.6. The van der Waals surface area contributed by atoms with E-state index in [1.807, 2.05) is 0 Å². The Labute approximate surface area is 273 Å². The van der Waals surface area contributed by atoms with Gasteiger partial charge in [0.25, 0.3) is 0 Å². The topological polar surface area (TPSA) is 275 Å². The van der Waals surface area contributed by atoms with Gasteiger partial charge in [-0.25, -0.2) is 9.59 Å². The highest BCUT2D eigenvalue weighted by atomic mass is 16.4. The van der Waals surface area contributed by atoms with Crippen LogP contribution >= 0.6 is 0 Å². The molecule has 8 N–H and O–H groups in total. The minimum atomic E-state index is -1.35. The molecule has 0 radical (unpaired) electrons. The minimum Gasteiger partial charge on any atom is -0.480 e. The van der Waals surface area contributed by atoms with Crippen LogP contribution < -0.4 is 10.6 Å². The number of carbonyl (C=O) groups excluding carboxylic acids is 1. The zero-order valence-corrected chi connectivity index (χ0v) is 25.6. The molecule has 48 heavy (non-hydrogen) atoms. The summed E-state index contributed by atoms with van der Waals surface area (Å²) in [6, 6.07) is 10.2. The number of aromatic carboxylic acids is 1. The molecule has 18 nitrogen and oxygen atoms in total. The lowest BCUT2D eigenvalue weighted by atomic mass is 10.0. The van der Waals surface area contributed by atoms with Crippen LogP contribution in [0.15, 0.2) is 48.5 Å². The van der Waals surface area contributed by atoms with Crippen LogP contribution in [0.3, 0.4) is 0 Å². The summed E-state index contributed by atoms with van der Waals surface area (Å²) in [7, 11) is 0. The van der Waals surface area contributed by atoms with Crippen molar-refractivity contribution in [3.8, 4) is 0 Å². The van der Waals surface area contributed by atoms with Crippen molar-refractivity contribution in [1.29, 1.82) is 0 Å². The average Bonchev–Trinajstić information content (AvgIpc) is 2.99. The number of carbonyl (C=O) groups is 7. The minimum absolute atomic E-state index is 0.0927. The van der Waals surface area contributed by atoms with Gasteiger partial charge >= 0.3 is 41.8 Å². The van der Waals surface area contributed by atoms with Crippen LogP contribution in [0.4, 0.5) is 10.5 Å². The molecule has 0 bridgehead atoms. The van der Waals surface area contributed by atoms with Crippen molar-refractivity contribution in [2.75, 3.05) is 57.7 Å². The molecule has 0 aliphatic heterocycles. The van der Waals surface area contributed by atoms with Gasteiger partial charge in [-0.3, -0.25) is 38.7 Å². The summed E-state index contributed by atoms with van der Waals surface area (Å²) in [4.78, 5) is 84.4. The predicted molar refractivity (Wildman–Crippen MR) is 166 cm³/mol. The number of carboxylic acid groups (broad SMARTS) is 6. The first-order chi connectivity index (χ1) is 22.6. The first-order valence-electron chi connectivity index (χ1n) is 14.4. The van der Waals surface area contributed by atoms with Crippen LogP contribution in [-0.2, 0) is 36.9 Å². The molecule has 2 aromatic rings. The molecular weight excluding hydrogens is 638 g/mol. The third kappa shape index (κ3) is 14.7. The molecular formula is C30H37N5O13. The van der Waals surface area contributed by atoms with E-state index in [0.29, 0.717) is 16.8 Å². The Morgan fingerprint density at radius 3 is 1.56 bits per heavy atom. The molecule has 18 heteroatoms. The van der Waals surface area contributed by atoms with Gasteiger partial charge in [0.1, 0.15) is 6.04 Å². The molecule has 0 spiro atoms. The monoisotopic (exact) mass is 675 g/mol. The molecule has 1 atom stereocenters. The van der Waals surface area contributed by atoms with E-state index in [1.54, 1.807) is 24.3 Å². The number of nitrogens with zero attached hydrogens (tertiary/aromatic N) is 3. The molecule has 0 heterocycles. The van der Waals surface area contributed by atoms with Crippen molar-refractivity contribution < 1.29 is 64.2 Å². The quantitative estimate of drug-likeness (QED) is 0.0812. The molecule has 260 valence electrons. The van der Waals surface area contributed by atoms with Gasteiger partial charge in [0.15, 0.2) is 0 Å². The van der Waals surface area contributed by atoms with Crippen LogP contribution in [0, 0.1) is 0 Å². The molecule has 0 aromatic heterocycles. The molecule has 2 aromatic carbocycles. The summed E-state index contributed by atoms with van der Waals surface area (Å²) in [5.41, 5.74) is 1.63. The van der Waals surface area contributed by atoms with E-state index in [1.165, 1.54) is 29.2 Å². The van der Waals surface area contributed by atoms with Crippen LogP contribution in [0.1, 0.15) is 21.5 Å². The lowest BCUT2D eigenvalue weighted by Gasteiger charge is -2.31. The van der Waals surface area contributed by atoms with Gasteiger partial charge in [-0.15, -0.1) is 0 Å². The van der Waals surface area contributed by atoms with Gasteiger partial charge in [0, 0.05) is 38.4 Å². The number of urea groups is 1. The van der Waals surface area contributed by atoms with E-state index in [9.17, 15) is 48.9 Å². The van der Waals surface area contributed by atoms with Gasteiger partial charge < -0.3 is 41.3 Å². The molecule has 0 fully saturated rings. The number of rotatable bonds is 22. The average molecular weight is 676 g/mol. The summed E-state index contributed by atoms with van der Waals surface area (Å²) >= 11 is 0. The zero-order chi connectivity index (χ0) is 35.8. The van der Waals surface area contributed by atoms with E-state index in [4.69, 9.17) is 15.3 Å². The number of benzene rings is 2. The molecule has 0 saturated heterocycles. The summed E-state index contributed by atoms with van der Waals surface area (Å²) < 4.78 is 0. The Kier molecular flexibility index (Phi) is 15.4. The summed E-state index contributed by atoms with van der Waals surface area (Å²) in [6.45, 7) is -2.89. The highest BCUT2D eigenvalue weighted by molar-refractivity contribution is 5.89. The third-order valence-corrected chi connectivity index (χ3v) is 6.87. The van der Waals surface area contributed by atoms with Crippen LogP contribution in [0.2, 0.25) is 0 Å². The summed E-state index contributed by atoms with van der Waals surface area (Å²) in [5.74, 6) is -7.57. The van der Waals surface area contributed by atoms with E-state index in [-0.39, 0.29) is 44.7 Å². The first-order valence-corrected chi connectivity index (χ1v) is 14.4. The first kappa shape index (κ1) is 38.6. The van der Waals surface area contributed by atoms with Gasteiger partial charge in [0.05, 0.1) is 31.7 Å². The number of hydrogen-bond acceptors (Lipinski definition) is 10. The van der Waals surface area contributed by atoms with Crippen molar-refractivity contribution in [2.45, 2.75) is 19.0 Å². The van der Waals surface area contributed by atoms with E-state index >= 15 is 0 Å². The SMILES string of the molecule is O=C(O)CN(CCN(CC(=O)O)CC(=O)O)CCN(CC(=O)O)C(Cc1ccc(NC(=O)NCc2ccc(C(=O)O)cc2)cc1)C(=O)O. The standard InChI is InChI=1S/C30H37N5O13/c36-24(37)15-33(9-10-34(16-25(38)39)17-26(40)41)11-12-35(18-27(42)43)23(29(46)47)13-19-3-7-22(8-4-19)32-30(48)31-14-20-1-5-21(6-2-20)28(44)45/h1-8,23H,9-18H2,(H,36,37)(H,38,39)(H,40,41)(H,42,43)(H,44,45)(H,46,47)(H2,31,32,48). The largest absolute Gasteiger partial charge is 0.480 e. The van der Waals surface area contributed by atoms with Crippen molar-refractivity contribution >= 4 is 47.5 Å². The lowest BCUT2D eigenvalue weighted by Crippen LogP contribution is -2.49. The normalized spacial score (nSPS) is 11.6. The maximum Gasteiger partial charge on any atom is 0.335 e. The molecule has 0 saturated carbocycles. The molecule has 0 aliphatic carbocycles. The van der Waals surface area contributed by atoms with Crippen molar-refractivity contribution in [1.82, 2.24) is 20.0 Å². The predicted octanol–water partition coefficient (Wildman–Crippen LogP) is -0.0534. The zero-order valence-electron chi connectivity index (χ0n) is 25.6. The smallest absolute Gasteiger partial charge is 0.335 e. The lowest BCUT2D eigenvalue weighted by molar-refractivity contribution is -0.147. The Morgan fingerprint density at radius 1 is 0.583 bits per heavy atom. The fourth-order valence-corrected chi connectivity index (χ4v) is 4.57. The van der Waals surface area contributed by atoms with Crippen molar-refractivity contribution in [2.24, 2.45) is 0 Å². The van der Waals surface area contributed by atoms with Gasteiger partial charge in [0.2, 0.25) is 0 Å². The van der Waals surface area contributed by atoms with E-state index < -0.39 is 74.1 Å². The third-order valence-electron chi connectivity index (χ3n) is 6.87. The Hall–Kier alpha value is -5.59. The van der Waals surface area contributed by atoms with Gasteiger partial charge in [-0.2, -0.15) is 0 Å². The van der Waals surface area contributed by atoms with E-state index in [2.05, 4.69) is 10.6 Å². The molecule has 2 amide bonds. The second-order valence-electron chi connectivity index (χ2n) is 10.6. The molecule has 1 unspecified atom stereocenters. The highest BCUT2D eigenvalue weighted by Gasteiger charge is 2.28. The maximum atomic E-state index is 12.3. The van der Waals surface area contributed by atoms with Crippen molar-refractivity contribution in [3.05, 3.63) is 65.2 Å². The molecule has 2 rings (SSSR count). The number of nitrogens with one attached hydrogen (secondary N) is 2. The second kappa shape index (κ2) is 19.2. The number of anilines is 1. The Morgan fingerprint density at radius 2 is 1.06 bits per heavy atom. The van der Waals surface area contributed by atoms with Crippen LogP contribution in [-0.4, -0.2) is 146 Å². The molecule has 0 aliphatic rings. The van der Waals surface area contributed by atoms with Gasteiger partial charge in [-0.1, -0.05) is 24.3 Å². The van der Waals surface area contributed by atoms with Crippen LogP contribution in [0.5, 0.6) is 0 Å². The van der Waals surface area contributed by atoms with Crippen molar-refractivity contribution in [3.63, 3.8) is 0 Å². The fraction of sp³-hybridized carbons (Fsp3) is 0.367. The van der Waals surface area contributed by atoms with Gasteiger partial charge in [-0.05, 0) is 41.8 Å².